The third-order valence-corrected chi connectivity index (χ3v) is 2.70. The normalized spacial score (nSPS) is 10.1. The van der Waals surface area contributed by atoms with Crippen LogP contribution in [0.2, 0.25) is 0 Å². The highest BCUT2D eigenvalue weighted by Gasteiger charge is 2.18. The fourth-order valence-corrected chi connectivity index (χ4v) is 1.61. The molecule has 0 fully saturated rings. The van der Waals surface area contributed by atoms with Gasteiger partial charge in [-0.25, -0.2) is 14.4 Å². The van der Waals surface area contributed by atoms with E-state index in [-0.39, 0.29) is 11.6 Å². The van der Waals surface area contributed by atoms with Crippen LogP contribution in [0.3, 0.4) is 0 Å². The van der Waals surface area contributed by atoms with Crippen LogP contribution in [0, 0.1) is 19.5 Å². The van der Waals surface area contributed by atoms with E-state index in [0.717, 1.165) is 12.1 Å². The topological polar surface area (TPSA) is 78.2 Å². The summed E-state index contributed by atoms with van der Waals surface area (Å²) in [6.45, 7) is 0. The number of nitro groups is 1. The molecular weight excluding hydrogens is 356 g/mol. The molecule has 0 saturated heterocycles. The van der Waals surface area contributed by atoms with E-state index in [2.05, 4.69) is 9.97 Å². The van der Waals surface area contributed by atoms with E-state index in [1.165, 1.54) is 18.6 Å². The fraction of sp³-hybridized carbons (Fsp3) is 0. The van der Waals surface area contributed by atoms with Gasteiger partial charge in [0.2, 0.25) is 11.6 Å². The zero-order valence-electron chi connectivity index (χ0n) is 8.71. The van der Waals surface area contributed by atoms with Crippen molar-refractivity contribution in [3.63, 3.8) is 0 Å². The summed E-state index contributed by atoms with van der Waals surface area (Å²) >= 11 is 1.93. The van der Waals surface area contributed by atoms with Gasteiger partial charge in [-0.15, -0.1) is 0 Å². The van der Waals surface area contributed by atoms with Gasteiger partial charge in [0.1, 0.15) is 12.1 Å². The van der Waals surface area contributed by atoms with Crippen LogP contribution < -0.4 is 4.74 Å². The number of nitro benzene ring substituents is 1. The Kier molecular flexibility index (Phi) is 3.65. The number of ether oxygens (including phenoxy) is 1. The van der Waals surface area contributed by atoms with Crippen LogP contribution in [0.4, 0.5) is 10.1 Å². The number of hydrogen-bond donors (Lipinski definition) is 0. The van der Waals surface area contributed by atoms with Gasteiger partial charge in [-0.3, -0.25) is 10.1 Å². The highest BCUT2D eigenvalue weighted by atomic mass is 127. The maximum atomic E-state index is 12.9. The lowest BCUT2D eigenvalue weighted by atomic mass is 10.3. The molecule has 0 N–H and O–H groups in total. The SMILES string of the molecule is O=[N+]([O-])c1cc(F)ccc1Oc1ncncc1I. The summed E-state index contributed by atoms with van der Waals surface area (Å²) < 4.78 is 18.8. The van der Waals surface area contributed by atoms with E-state index < -0.39 is 16.4 Å². The van der Waals surface area contributed by atoms with Crippen LogP contribution in [0.25, 0.3) is 0 Å². The van der Waals surface area contributed by atoms with Crippen molar-refractivity contribution in [2.45, 2.75) is 0 Å². The maximum Gasteiger partial charge on any atom is 0.314 e. The van der Waals surface area contributed by atoms with Crippen LogP contribution in [0.15, 0.2) is 30.7 Å². The quantitative estimate of drug-likeness (QED) is 0.477. The first-order valence-electron chi connectivity index (χ1n) is 4.65. The van der Waals surface area contributed by atoms with E-state index in [0.29, 0.717) is 3.57 Å². The van der Waals surface area contributed by atoms with Crippen LogP contribution >= 0.6 is 22.6 Å². The second-order valence-electron chi connectivity index (χ2n) is 3.15. The maximum absolute atomic E-state index is 12.9. The lowest BCUT2D eigenvalue weighted by Crippen LogP contribution is -1.97. The first kappa shape index (κ1) is 12.6. The standard InChI is InChI=1S/C10H5FIN3O3/c11-6-1-2-9(8(3-6)15(16)17)18-10-7(12)4-13-5-14-10/h1-5H. The molecule has 0 unspecified atom stereocenters. The molecular formula is C10H5FIN3O3. The second-order valence-corrected chi connectivity index (χ2v) is 4.31. The van der Waals surface area contributed by atoms with Crippen molar-refractivity contribution in [1.82, 2.24) is 9.97 Å². The van der Waals surface area contributed by atoms with Crippen LogP contribution in [0.1, 0.15) is 0 Å². The lowest BCUT2D eigenvalue weighted by Gasteiger charge is -2.06. The van der Waals surface area contributed by atoms with Gasteiger partial charge < -0.3 is 4.74 Å². The van der Waals surface area contributed by atoms with Crippen LogP contribution in [-0.4, -0.2) is 14.9 Å². The zero-order valence-corrected chi connectivity index (χ0v) is 10.9. The smallest absolute Gasteiger partial charge is 0.314 e. The van der Waals surface area contributed by atoms with Gasteiger partial charge in [0.05, 0.1) is 14.6 Å². The summed E-state index contributed by atoms with van der Waals surface area (Å²) in [6, 6.07) is 3.06. The summed E-state index contributed by atoms with van der Waals surface area (Å²) in [4.78, 5) is 17.7. The predicted octanol–water partition coefficient (Wildman–Crippen LogP) is 2.92. The monoisotopic (exact) mass is 361 g/mol. The first-order valence-corrected chi connectivity index (χ1v) is 5.73. The molecule has 0 radical (unpaired) electrons. The van der Waals surface area contributed by atoms with Gasteiger partial charge in [0, 0.05) is 6.20 Å². The molecule has 0 amide bonds. The van der Waals surface area contributed by atoms with Gasteiger partial charge in [-0.05, 0) is 34.7 Å². The molecule has 0 aliphatic rings. The Morgan fingerprint density at radius 2 is 2.22 bits per heavy atom. The van der Waals surface area contributed by atoms with Crippen molar-refractivity contribution in [3.8, 4) is 11.6 Å². The Balaban J connectivity index is 2.41. The third-order valence-electron chi connectivity index (χ3n) is 1.96. The first-order chi connectivity index (χ1) is 8.58. The molecule has 0 spiro atoms. The summed E-state index contributed by atoms with van der Waals surface area (Å²) in [7, 11) is 0. The Morgan fingerprint density at radius 1 is 1.44 bits per heavy atom. The second kappa shape index (κ2) is 5.21. The number of halogens is 2. The molecule has 0 saturated carbocycles. The Hall–Kier alpha value is -1.84. The van der Waals surface area contributed by atoms with Crippen LogP contribution in [0.5, 0.6) is 11.6 Å². The van der Waals surface area contributed by atoms with E-state index in [1.54, 1.807) is 0 Å². The minimum Gasteiger partial charge on any atom is -0.431 e. The summed E-state index contributed by atoms with van der Waals surface area (Å²) in [5.74, 6) is -0.593. The fourth-order valence-electron chi connectivity index (χ4n) is 1.20. The molecule has 0 aliphatic heterocycles. The molecule has 1 aromatic heterocycles. The Morgan fingerprint density at radius 3 is 2.89 bits per heavy atom. The third kappa shape index (κ3) is 2.70. The van der Waals surface area contributed by atoms with Gasteiger partial charge in [0.25, 0.3) is 0 Å². The highest BCUT2D eigenvalue weighted by molar-refractivity contribution is 14.1. The molecule has 0 bridgehead atoms. The van der Waals surface area contributed by atoms with Crippen molar-refractivity contribution < 1.29 is 14.1 Å². The number of aromatic nitrogens is 2. The molecule has 92 valence electrons. The van der Waals surface area contributed by atoms with E-state index >= 15 is 0 Å². The lowest BCUT2D eigenvalue weighted by molar-refractivity contribution is -0.385. The average molecular weight is 361 g/mol. The van der Waals surface area contributed by atoms with E-state index in [9.17, 15) is 14.5 Å². The van der Waals surface area contributed by atoms with Crippen molar-refractivity contribution in [3.05, 3.63) is 50.2 Å². The van der Waals surface area contributed by atoms with E-state index in [1.807, 2.05) is 22.6 Å². The number of hydrogen-bond acceptors (Lipinski definition) is 5. The van der Waals surface area contributed by atoms with Gasteiger partial charge in [-0.2, -0.15) is 0 Å². The largest absolute Gasteiger partial charge is 0.431 e. The molecule has 1 heterocycles. The molecule has 0 atom stereocenters. The minimum absolute atomic E-state index is 0.0713. The highest BCUT2D eigenvalue weighted by Crippen LogP contribution is 2.32. The molecule has 2 aromatic rings. The zero-order chi connectivity index (χ0) is 13.1. The molecule has 1 aromatic carbocycles. The van der Waals surface area contributed by atoms with Gasteiger partial charge in [0.15, 0.2) is 0 Å². The summed E-state index contributed by atoms with van der Waals surface area (Å²) in [5.41, 5.74) is -0.454. The predicted molar refractivity (Wildman–Crippen MR) is 67.9 cm³/mol. The molecule has 2 rings (SSSR count). The minimum atomic E-state index is -0.716. The number of rotatable bonds is 3. The van der Waals surface area contributed by atoms with Crippen molar-refractivity contribution >= 4 is 28.3 Å². The van der Waals surface area contributed by atoms with Crippen molar-refractivity contribution in [1.29, 1.82) is 0 Å². The summed E-state index contributed by atoms with van der Waals surface area (Å²) in [6.07, 6.45) is 2.76. The number of benzene rings is 1. The van der Waals surface area contributed by atoms with E-state index in [4.69, 9.17) is 4.74 Å². The molecule has 0 aliphatic carbocycles. The molecule has 6 nitrogen and oxygen atoms in total. The molecule has 18 heavy (non-hydrogen) atoms. The Labute approximate surface area is 114 Å². The molecule has 8 heteroatoms. The van der Waals surface area contributed by atoms with Crippen LogP contribution in [-0.2, 0) is 0 Å². The van der Waals surface area contributed by atoms with Crippen molar-refractivity contribution in [2.75, 3.05) is 0 Å². The average Bonchev–Trinajstić information content (AvgIpc) is 2.34. The van der Waals surface area contributed by atoms with Gasteiger partial charge in [-0.1, -0.05) is 0 Å². The Bertz CT molecular complexity index is 609. The van der Waals surface area contributed by atoms with Gasteiger partial charge >= 0.3 is 5.69 Å². The van der Waals surface area contributed by atoms with Crippen molar-refractivity contribution in [2.24, 2.45) is 0 Å². The summed E-state index contributed by atoms with van der Waals surface area (Å²) in [5, 5.41) is 10.8. The number of nitrogens with zero attached hydrogens (tertiary/aromatic N) is 3.